The number of aliphatic hydroxyl groups is 1. The van der Waals surface area contributed by atoms with E-state index in [1.165, 1.54) is 6.39 Å². The molecule has 1 aromatic carbocycles. The first-order valence-electron chi connectivity index (χ1n) is 7.51. The summed E-state index contributed by atoms with van der Waals surface area (Å²) in [4.78, 5) is 14.1. The Labute approximate surface area is 135 Å². The van der Waals surface area contributed by atoms with Crippen LogP contribution in [0.4, 0.5) is 10.5 Å². The maximum atomic E-state index is 12.5. The number of urea groups is 1. The lowest BCUT2D eigenvalue weighted by molar-refractivity contribution is 0.125. The molecule has 23 heavy (non-hydrogen) atoms. The van der Waals surface area contributed by atoms with Crippen molar-refractivity contribution in [1.82, 2.24) is 15.1 Å². The van der Waals surface area contributed by atoms with E-state index in [-0.39, 0.29) is 18.6 Å². The van der Waals surface area contributed by atoms with Crippen LogP contribution in [0, 0.1) is 6.92 Å². The number of hydrogen-bond donors (Lipinski definition) is 2. The molecule has 0 aliphatic rings. The Bertz CT molecular complexity index is 653. The second kappa shape index (κ2) is 7.23. The number of aliphatic hydroxyl groups excluding tert-OH is 1. The van der Waals surface area contributed by atoms with E-state index >= 15 is 0 Å². The molecular formula is C16H22N4O3. The summed E-state index contributed by atoms with van der Waals surface area (Å²) in [5, 5.41) is 20.0. The van der Waals surface area contributed by atoms with Crippen molar-refractivity contribution >= 4 is 11.7 Å². The van der Waals surface area contributed by atoms with E-state index in [9.17, 15) is 9.90 Å². The van der Waals surface area contributed by atoms with Gasteiger partial charge in [0.25, 0.3) is 0 Å². The number of carbonyl (C=O) groups excluding carboxylic acids is 1. The van der Waals surface area contributed by atoms with Crippen molar-refractivity contribution in [3.8, 4) is 11.5 Å². The Morgan fingerprint density at radius 1 is 1.39 bits per heavy atom. The molecule has 0 bridgehead atoms. The van der Waals surface area contributed by atoms with Gasteiger partial charge in [-0.1, -0.05) is 6.07 Å². The molecule has 1 heterocycles. The highest BCUT2D eigenvalue weighted by Gasteiger charge is 2.19. The normalized spacial score (nSPS) is 12.3. The van der Waals surface area contributed by atoms with E-state index in [2.05, 4.69) is 15.5 Å². The molecule has 0 aliphatic heterocycles. The predicted molar refractivity (Wildman–Crippen MR) is 87.0 cm³/mol. The summed E-state index contributed by atoms with van der Waals surface area (Å²) in [6, 6.07) is 5.25. The van der Waals surface area contributed by atoms with Gasteiger partial charge in [-0.2, -0.15) is 0 Å². The summed E-state index contributed by atoms with van der Waals surface area (Å²) >= 11 is 0. The smallest absolute Gasteiger partial charge is 0.322 e. The Morgan fingerprint density at radius 3 is 2.70 bits per heavy atom. The number of aryl methyl sites for hydroxylation is 1. The Balaban J connectivity index is 2.21. The SMILES string of the molecule is Cc1ccc(-c2nnco2)cc1NC(=O)N(CC(C)O)C(C)C. The van der Waals surface area contributed by atoms with Crippen LogP contribution >= 0.6 is 0 Å². The first-order valence-corrected chi connectivity index (χ1v) is 7.51. The highest BCUT2D eigenvalue weighted by molar-refractivity contribution is 5.91. The van der Waals surface area contributed by atoms with Gasteiger partial charge < -0.3 is 19.7 Å². The number of carbonyl (C=O) groups is 1. The van der Waals surface area contributed by atoms with Gasteiger partial charge in [0.05, 0.1) is 6.10 Å². The van der Waals surface area contributed by atoms with E-state index in [0.717, 1.165) is 11.1 Å². The third kappa shape index (κ3) is 4.29. The quantitative estimate of drug-likeness (QED) is 0.884. The molecule has 2 amide bonds. The maximum Gasteiger partial charge on any atom is 0.322 e. The summed E-state index contributed by atoms with van der Waals surface area (Å²) in [6.45, 7) is 7.64. The van der Waals surface area contributed by atoms with Gasteiger partial charge in [0.2, 0.25) is 12.3 Å². The zero-order chi connectivity index (χ0) is 17.0. The fraction of sp³-hybridized carbons (Fsp3) is 0.438. The monoisotopic (exact) mass is 318 g/mol. The van der Waals surface area contributed by atoms with E-state index in [1.54, 1.807) is 17.9 Å². The highest BCUT2D eigenvalue weighted by Crippen LogP contribution is 2.24. The number of hydrogen-bond acceptors (Lipinski definition) is 5. The summed E-state index contributed by atoms with van der Waals surface area (Å²) in [7, 11) is 0. The van der Waals surface area contributed by atoms with Crippen molar-refractivity contribution in [3.05, 3.63) is 30.2 Å². The third-order valence-corrected chi connectivity index (χ3v) is 3.43. The van der Waals surface area contributed by atoms with Crippen molar-refractivity contribution in [2.75, 3.05) is 11.9 Å². The summed E-state index contributed by atoms with van der Waals surface area (Å²) in [5.74, 6) is 0.394. The average Bonchev–Trinajstić information content (AvgIpc) is 3.00. The third-order valence-electron chi connectivity index (χ3n) is 3.43. The standard InChI is InChI=1S/C16H22N4O3/c1-10(2)20(8-12(4)21)16(22)18-14-7-13(6-5-11(14)3)15-19-17-9-23-15/h5-7,9-10,12,21H,8H2,1-4H3,(H,18,22). The molecule has 7 heteroatoms. The number of nitrogens with one attached hydrogen (secondary N) is 1. The van der Waals surface area contributed by atoms with Gasteiger partial charge in [-0.3, -0.25) is 0 Å². The Morgan fingerprint density at radius 2 is 2.13 bits per heavy atom. The second-order valence-electron chi connectivity index (χ2n) is 5.80. The van der Waals surface area contributed by atoms with Crippen LogP contribution in [0.15, 0.2) is 29.0 Å². The van der Waals surface area contributed by atoms with Crippen LogP contribution in [0.1, 0.15) is 26.3 Å². The lowest BCUT2D eigenvalue weighted by atomic mass is 10.1. The first-order chi connectivity index (χ1) is 10.9. The number of rotatable bonds is 5. The highest BCUT2D eigenvalue weighted by atomic mass is 16.4. The lowest BCUT2D eigenvalue weighted by Gasteiger charge is -2.28. The van der Waals surface area contributed by atoms with Crippen LogP contribution in [0.5, 0.6) is 0 Å². The summed E-state index contributed by atoms with van der Waals surface area (Å²) in [6.07, 6.45) is 0.672. The van der Waals surface area contributed by atoms with Crippen molar-refractivity contribution in [3.63, 3.8) is 0 Å². The maximum absolute atomic E-state index is 12.5. The summed E-state index contributed by atoms with van der Waals surface area (Å²) in [5.41, 5.74) is 2.32. The molecule has 0 saturated carbocycles. The van der Waals surface area contributed by atoms with Gasteiger partial charge in [-0.25, -0.2) is 4.79 Å². The Hall–Kier alpha value is -2.41. The van der Waals surface area contributed by atoms with Crippen LogP contribution in [0.3, 0.4) is 0 Å². The number of benzene rings is 1. The fourth-order valence-electron chi connectivity index (χ4n) is 2.19. The van der Waals surface area contributed by atoms with Gasteiger partial charge in [0, 0.05) is 23.8 Å². The number of anilines is 1. The molecule has 0 fully saturated rings. The zero-order valence-corrected chi connectivity index (χ0v) is 13.8. The molecule has 2 rings (SSSR count). The fourth-order valence-corrected chi connectivity index (χ4v) is 2.19. The molecule has 2 N–H and O–H groups in total. The van der Waals surface area contributed by atoms with Gasteiger partial charge in [-0.15, -0.1) is 10.2 Å². The molecule has 1 atom stereocenters. The molecule has 124 valence electrons. The molecule has 0 saturated heterocycles. The molecule has 1 unspecified atom stereocenters. The van der Waals surface area contributed by atoms with Gasteiger partial charge >= 0.3 is 6.03 Å². The van der Waals surface area contributed by atoms with Crippen molar-refractivity contribution in [2.24, 2.45) is 0 Å². The minimum absolute atomic E-state index is 0.0240. The van der Waals surface area contributed by atoms with Crippen molar-refractivity contribution in [1.29, 1.82) is 0 Å². The minimum atomic E-state index is -0.589. The van der Waals surface area contributed by atoms with Crippen molar-refractivity contribution < 1.29 is 14.3 Å². The molecule has 2 aromatic rings. The van der Waals surface area contributed by atoms with E-state index in [4.69, 9.17) is 4.42 Å². The zero-order valence-electron chi connectivity index (χ0n) is 13.8. The second-order valence-corrected chi connectivity index (χ2v) is 5.80. The molecule has 7 nitrogen and oxygen atoms in total. The number of nitrogens with zero attached hydrogens (tertiary/aromatic N) is 3. The molecular weight excluding hydrogens is 296 g/mol. The van der Waals surface area contributed by atoms with Gasteiger partial charge in [-0.05, 0) is 45.4 Å². The van der Waals surface area contributed by atoms with Crippen LogP contribution in [0.25, 0.3) is 11.5 Å². The predicted octanol–water partition coefficient (Wildman–Crippen LogP) is 2.67. The molecule has 0 radical (unpaired) electrons. The van der Waals surface area contributed by atoms with Gasteiger partial charge in [0.15, 0.2) is 0 Å². The van der Waals surface area contributed by atoms with Crippen LogP contribution in [-0.2, 0) is 0 Å². The van der Waals surface area contributed by atoms with Crippen LogP contribution in [-0.4, -0.2) is 44.9 Å². The summed E-state index contributed by atoms with van der Waals surface area (Å²) < 4.78 is 5.18. The van der Waals surface area contributed by atoms with Crippen molar-refractivity contribution in [2.45, 2.75) is 39.8 Å². The van der Waals surface area contributed by atoms with Gasteiger partial charge in [0.1, 0.15) is 0 Å². The molecule has 1 aromatic heterocycles. The van der Waals surface area contributed by atoms with Crippen LogP contribution < -0.4 is 5.32 Å². The van der Waals surface area contributed by atoms with E-state index in [0.29, 0.717) is 11.6 Å². The molecule has 0 aliphatic carbocycles. The average molecular weight is 318 g/mol. The number of aromatic nitrogens is 2. The first kappa shape index (κ1) is 17.0. The number of amides is 2. The lowest BCUT2D eigenvalue weighted by Crippen LogP contribution is -2.43. The minimum Gasteiger partial charge on any atom is -0.423 e. The van der Waals surface area contributed by atoms with E-state index < -0.39 is 6.10 Å². The Kier molecular flexibility index (Phi) is 5.33. The van der Waals surface area contributed by atoms with E-state index in [1.807, 2.05) is 32.9 Å². The largest absolute Gasteiger partial charge is 0.423 e. The molecule has 0 spiro atoms. The topological polar surface area (TPSA) is 91.5 Å². The van der Waals surface area contributed by atoms with Crippen LogP contribution in [0.2, 0.25) is 0 Å².